The summed E-state index contributed by atoms with van der Waals surface area (Å²) in [5.74, 6) is 1.15. The van der Waals surface area contributed by atoms with E-state index < -0.39 is 0 Å². The highest BCUT2D eigenvalue weighted by molar-refractivity contribution is 7.99. The van der Waals surface area contributed by atoms with Crippen LogP contribution in [0.3, 0.4) is 0 Å². The average Bonchev–Trinajstić information content (AvgIpc) is 2.69. The van der Waals surface area contributed by atoms with Gasteiger partial charge in [-0.05, 0) is 31.5 Å². The Morgan fingerprint density at radius 1 is 1.54 bits per heavy atom. The molecule has 0 saturated carbocycles. The molecule has 0 aromatic carbocycles. The summed E-state index contributed by atoms with van der Waals surface area (Å²) in [6.45, 7) is 1.19. The molecule has 0 radical (unpaired) electrons. The fraction of sp³-hybridized carbons (Fsp3) is 0.500. The third kappa shape index (κ3) is 2.71. The molecule has 13 heavy (non-hydrogen) atoms. The van der Waals surface area contributed by atoms with E-state index >= 15 is 0 Å². The number of thioether (sulfide) groups is 1. The number of hydrogen-bond donors (Lipinski definition) is 1. The highest BCUT2D eigenvalue weighted by atomic mass is 32.2. The minimum atomic E-state index is 0.701. The summed E-state index contributed by atoms with van der Waals surface area (Å²) in [4.78, 5) is 4.27. The molecule has 1 saturated heterocycles. The van der Waals surface area contributed by atoms with Crippen molar-refractivity contribution in [1.29, 1.82) is 0 Å². The summed E-state index contributed by atoms with van der Waals surface area (Å²) in [5.41, 5.74) is 0. The van der Waals surface area contributed by atoms with Crippen LogP contribution in [0.4, 0.5) is 0 Å². The third-order valence-electron chi connectivity index (χ3n) is 2.23. The Bertz CT molecular complexity index is 244. The lowest BCUT2D eigenvalue weighted by Gasteiger charge is -2.07. The molecule has 1 aromatic heterocycles. The number of hydrogen-bond acceptors (Lipinski definition) is 3. The quantitative estimate of drug-likeness (QED) is 0.744. The van der Waals surface area contributed by atoms with Crippen LogP contribution in [-0.4, -0.2) is 23.3 Å². The van der Waals surface area contributed by atoms with Crippen molar-refractivity contribution in [2.75, 3.05) is 12.3 Å². The Hall–Kier alpha value is -0.540. The van der Waals surface area contributed by atoms with Gasteiger partial charge >= 0.3 is 0 Å². The van der Waals surface area contributed by atoms with Crippen LogP contribution in [0.15, 0.2) is 29.4 Å². The Labute approximate surface area is 83.1 Å². The molecule has 2 nitrogen and oxygen atoms in total. The summed E-state index contributed by atoms with van der Waals surface area (Å²) >= 11 is 1.84. The summed E-state index contributed by atoms with van der Waals surface area (Å²) in [5, 5.41) is 4.61. The summed E-state index contributed by atoms with van der Waals surface area (Å²) in [6.07, 6.45) is 4.50. The molecule has 0 spiro atoms. The van der Waals surface area contributed by atoms with E-state index in [1.807, 2.05) is 30.1 Å². The highest BCUT2D eigenvalue weighted by Crippen LogP contribution is 2.18. The second kappa shape index (κ2) is 4.63. The van der Waals surface area contributed by atoms with Crippen molar-refractivity contribution in [3.63, 3.8) is 0 Å². The molecule has 1 atom stereocenters. The Morgan fingerprint density at radius 2 is 2.54 bits per heavy atom. The van der Waals surface area contributed by atoms with Crippen LogP contribution in [0.25, 0.3) is 0 Å². The zero-order chi connectivity index (χ0) is 8.93. The first-order chi connectivity index (χ1) is 6.45. The normalized spacial score (nSPS) is 22.0. The van der Waals surface area contributed by atoms with E-state index in [1.54, 1.807) is 0 Å². The lowest BCUT2D eigenvalue weighted by atomic mass is 10.3. The topological polar surface area (TPSA) is 24.9 Å². The predicted octanol–water partition coefficient (Wildman–Crippen LogP) is 1.93. The van der Waals surface area contributed by atoms with Crippen molar-refractivity contribution in [3.8, 4) is 0 Å². The highest BCUT2D eigenvalue weighted by Gasteiger charge is 2.13. The molecule has 1 aromatic rings. The van der Waals surface area contributed by atoms with E-state index in [9.17, 15) is 0 Å². The maximum absolute atomic E-state index is 4.27. The van der Waals surface area contributed by atoms with Crippen LogP contribution in [0.5, 0.6) is 0 Å². The molecule has 3 heteroatoms. The summed E-state index contributed by atoms with van der Waals surface area (Å²) in [6, 6.07) is 6.77. The summed E-state index contributed by atoms with van der Waals surface area (Å²) < 4.78 is 0. The third-order valence-corrected chi connectivity index (χ3v) is 3.34. The van der Waals surface area contributed by atoms with E-state index in [2.05, 4.69) is 16.4 Å². The SMILES string of the molecule is c1ccc(SC[C@@H]2CCCN2)nc1. The van der Waals surface area contributed by atoms with Gasteiger partial charge < -0.3 is 5.32 Å². The molecular formula is C10H14N2S. The van der Waals surface area contributed by atoms with Crippen molar-refractivity contribution in [3.05, 3.63) is 24.4 Å². The van der Waals surface area contributed by atoms with Crippen LogP contribution in [0.2, 0.25) is 0 Å². The monoisotopic (exact) mass is 194 g/mol. The van der Waals surface area contributed by atoms with Gasteiger partial charge in [-0.25, -0.2) is 4.98 Å². The number of nitrogens with zero attached hydrogens (tertiary/aromatic N) is 1. The van der Waals surface area contributed by atoms with Crippen molar-refractivity contribution in [1.82, 2.24) is 10.3 Å². The van der Waals surface area contributed by atoms with Gasteiger partial charge in [-0.15, -0.1) is 11.8 Å². The maximum Gasteiger partial charge on any atom is 0.0960 e. The molecule has 0 amide bonds. The number of nitrogens with one attached hydrogen (secondary N) is 1. The van der Waals surface area contributed by atoms with Crippen LogP contribution >= 0.6 is 11.8 Å². The lowest BCUT2D eigenvalue weighted by Crippen LogP contribution is -2.23. The molecule has 0 aliphatic carbocycles. The van der Waals surface area contributed by atoms with Gasteiger partial charge in [-0.3, -0.25) is 0 Å². The van der Waals surface area contributed by atoms with Gasteiger partial charge in [0.25, 0.3) is 0 Å². The van der Waals surface area contributed by atoms with Crippen molar-refractivity contribution in [2.45, 2.75) is 23.9 Å². The molecule has 2 rings (SSSR count). The van der Waals surface area contributed by atoms with E-state index in [-0.39, 0.29) is 0 Å². The minimum Gasteiger partial charge on any atom is -0.313 e. The molecule has 70 valence electrons. The fourth-order valence-corrected chi connectivity index (χ4v) is 2.48. The van der Waals surface area contributed by atoms with E-state index in [0.29, 0.717) is 6.04 Å². The van der Waals surface area contributed by atoms with E-state index in [1.165, 1.54) is 19.4 Å². The number of rotatable bonds is 3. The zero-order valence-corrected chi connectivity index (χ0v) is 8.39. The molecule has 1 fully saturated rings. The summed E-state index contributed by atoms with van der Waals surface area (Å²) in [7, 11) is 0. The van der Waals surface area contributed by atoms with E-state index in [0.717, 1.165) is 10.8 Å². The standard InChI is InChI=1S/C10H14N2S/c1-2-6-12-10(5-1)13-8-9-4-3-7-11-9/h1-2,5-6,9,11H,3-4,7-8H2/t9-/m0/s1. The number of pyridine rings is 1. The molecule has 1 aliphatic heterocycles. The van der Waals surface area contributed by atoms with Gasteiger partial charge in [0.15, 0.2) is 0 Å². The Morgan fingerprint density at radius 3 is 3.23 bits per heavy atom. The number of aromatic nitrogens is 1. The van der Waals surface area contributed by atoms with Crippen LogP contribution in [0.1, 0.15) is 12.8 Å². The first kappa shape index (κ1) is 9.03. The van der Waals surface area contributed by atoms with Crippen molar-refractivity contribution in [2.24, 2.45) is 0 Å². The predicted molar refractivity (Wildman–Crippen MR) is 56.0 cm³/mol. The van der Waals surface area contributed by atoms with Crippen LogP contribution < -0.4 is 5.32 Å². The molecular weight excluding hydrogens is 180 g/mol. The Balaban J connectivity index is 1.79. The molecule has 1 N–H and O–H groups in total. The van der Waals surface area contributed by atoms with Gasteiger partial charge in [-0.1, -0.05) is 6.07 Å². The van der Waals surface area contributed by atoms with Gasteiger partial charge in [-0.2, -0.15) is 0 Å². The van der Waals surface area contributed by atoms with Gasteiger partial charge in [0.1, 0.15) is 0 Å². The van der Waals surface area contributed by atoms with Crippen LogP contribution in [-0.2, 0) is 0 Å². The minimum absolute atomic E-state index is 0.701. The van der Waals surface area contributed by atoms with Gasteiger partial charge in [0.2, 0.25) is 0 Å². The smallest absolute Gasteiger partial charge is 0.0960 e. The van der Waals surface area contributed by atoms with Crippen LogP contribution in [0, 0.1) is 0 Å². The molecule has 0 unspecified atom stereocenters. The second-order valence-corrected chi connectivity index (χ2v) is 4.31. The van der Waals surface area contributed by atoms with Crippen molar-refractivity contribution >= 4 is 11.8 Å². The van der Waals surface area contributed by atoms with E-state index in [4.69, 9.17) is 0 Å². The van der Waals surface area contributed by atoms with Gasteiger partial charge in [0, 0.05) is 18.0 Å². The first-order valence-electron chi connectivity index (χ1n) is 4.72. The molecule has 0 bridgehead atoms. The lowest BCUT2D eigenvalue weighted by molar-refractivity contribution is 0.673. The first-order valence-corrected chi connectivity index (χ1v) is 5.71. The largest absolute Gasteiger partial charge is 0.313 e. The Kier molecular flexibility index (Phi) is 3.22. The second-order valence-electron chi connectivity index (χ2n) is 3.27. The fourth-order valence-electron chi connectivity index (χ4n) is 1.52. The zero-order valence-electron chi connectivity index (χ0n) is 7.57. The van der Waals surface area contributed by atoms with Gasteiger partial charge in [0.05, 0.1) is 5.03 Å². The molecule has 1 aliphatic rings. The average molecular weight is 194 g/mol. The van der Waals surface area contributed by atoms with Crippen molar-refractivity contribution < 1.29 is 0 Å². The maximum atomic E-state index is 4.27. The molecule has 2 heterocycles.